The Labute approximate surface area is 786 Å². The molecular weight excluding hydrogens is 1850 g/mol. The van der Waals surface area contributed by atoms with E-state index in [1.54, 1.807) is 31.3 Å². The molecule has 12 heterocycles. The van der Waals surface area contributed by atoms with E-state index in [0.29, 0.717) is 65.6 Å². The number of nitrogens with zero attached hydrogens (tertiary/aromatic N) is 5. The zero-order chi connectivity index (χ0) is 100. The number of hydrogen-bond acceptors (Lipinski definition) is 29. The maximum absolute atomic E-state index is 12.1. The van der Waals surface area contributed by atoms with Crippen molar-refractivity contribution in [1.82, 2.24) is 61.1 Å². The van der Waals surface area contributed by atoms with Crippen LogP contribution in [-0.2, 0) is 54.6 Å². The second-order valence-corrected chi connectivity index (χ2v) is 64.8. The number of carbonyl (C=O) groups is 4. The smallest absolute Gasteiger partial charge is 0.332 e. The van der Waals surface area contributed by atoms with Gasteiger partial charge in [-0.2, -0.15) is 0 Å². The van der Waals surface area contributed by atoms with Crippen molar-refractivity contribution in [3.05, 3.63) is 154 Å². The molecule has 0 spiro atoms. The molecule has 0 unspecified atom stereocenters. The van der Waals surface area contributed by atoms with Gasteiger partial charge in [-0.05, 0) is 175 Å². The van der Waals surface area contributed by atoms with Gasteiger partial charge in [-0.3, -0.25) is 28.3 Å². The van der Waals surface area contributed by atoms with Crippen molar-refractivity contribution >= 4 is 120 Å². The highest BCUT2D eigenvalue weighted by molar-refractivity contribution is 7.80. The summed E-state index contributed by atoms with van der Waals surface area (Å²) >= 11 is 4.99. The second kappa shape index (κ2) is 47.9. The molecule has 6 fully saturated rings. The van der Waals surface area contributed by atoms with E-state index in [2.05, 4.69) is 200 Å². The van der Waals surface area contributed by atoms with Gasteiger partial charge < -0.3 is 146 Å². The van der Waals surface area contributed by atoms with Crippen LogP contribution in [0.15, 0.2) is 143 Å². The van der Waals surface area contributed by atoms with Crippen molar-refractivity contribution in [2.45, 2.75) is 192 Å². The summed E-state index contributed by atoms with van der Waals surface area (Å²) in [5.74, 6) is 5.28. The largest absolute Gasteiger partial charge is 0.391 e. The van der Waals surface area contributed by atoms with Crippen LogP contribution in [0.25, 0.3) is 0 Å². The summed E-state index contributed by atoms with van der Waals surface area (Å²) in [5.41, 5.74) is 1.55. The number of urea groups is 1. The molecule has 37 nitrogen and oxygen atoms in total. The zero-order valence-electron chi connectivity index (χ0n) is 78.9. The van der Waals surface area contributed by atoms with Crippen LogP contribution in [0.2, 0.25) is 0 Å². The van der Waals surface area contributed by atoms with Gasteiger partial charge in [-0.1, -0.05) is 38.8 Å². The first-order chi connectivity index (χ1) is 61.5. The first kappa shape index (κ1) is 113. The summed E-state index contributed by atoms with van der Waals surface area (Å²) in [4.78, 5) is 74.1. The molecule has 24 atom stereocenters. The average Bonchev–Trinajstić information content (AvgIpc) is 1.68. The molecule has 11 aliphatic heterocycles. The summed E-state index contributed by atoms with van der Waals surface area (Å²) in [6.07, 6.45) is 25.4. The molecule has 0 saturated carbocycles. The van der Waals surface area contributed by atoms with Gasteiger partial charge in [0.25, 0.3) is 23.3 Å². The number of aliphatic hydroxyl groups is 12. The predicted molar refractivity (Wildman–Crippen MR) is 540 cm³/mol. The lowest BCUT2D eigenvalue weighted by Crippen LogP contribution is -2.48. The minimum atomic E-state index is -1.27. The van der Waals surface area contributed by atoms with E-state index in [1.807, 2.05) is 0 Å². The second-order valence-electron chi connectivity index (χ2n) is 38.5. The van der Waals surface area contributed by atoms with Gasteiger partial charge in [-0.25, -0.2) is 9.59 Å². The predicted octanol–water partition coefficient (Wildman–Crippen LogP) is 0.258. The van der Waals surface area contributed by atoms with Gasteiger partial charge in [0.2, 0.25) is 0 Å². The third kappa shape index (κ3) is 32.0. The third-order valence-corrected chi connectivity index (χ3v) is 32.0. The Kier molecular flexibility index (Phi) is 40.8. The molecule has 133 heavy (non-hydrogen) atoms. The standard InChI is InChI=1S/C17H25N2O4P.C15H25N2O5P.C15H25N2O4P.C14H23N2O5P.C14H23N2O4P.C14H23N2O3PS/c1-6-7-12-10-19(11(2)18-16(12)22)17-15(21)14(20)13(23-17)8-9-24(3,4)5;1-9-16-14(21)10(8-18)7-17(9)15-13(20)12(19)11(22-15)5-6-23(2,3)4;1-10-16-12(18)6-8-17(10)15-14(20-2)13(19)11(21-15)7-9-22(3,4)5;1-15-10(17)5-7-16(14(15)20)13-12(19)11(18)9(21-13)6-8-22(2,3)4;1-8-9(7-15-14(19)16-8)13-12(18)11(17)10(20-13)5-6-21(2,3)4;1-8-9(7-15-14(21)16-8)13-12(18)11(17)10(19-13)5-6-20(2,3)4/h10,13-15,17,20-21H,2-3,8-9H2,1,4-5H3,(H,18,22);7,11-13,15,18-20H,1-2,5-6,8H2,3-4H3,(H,16,21);6,8,11,13-15,19H,1,3,7,9H2,2,4-5H3,(H,16,18);5,7,9,11-13,18-19H,2,6,8H2,1,3-4H3;7,10-13,17-18H,1-2,5-6H2,3-4H3,(H2,15,16,19);7,10-13,17-18H,1-2,5-6H2,3-4H3,(H2,15,16,21)/t13-,14-,15-,17-;11-,12-,13-,15-;11-,13-,14-,15-;9-,11-,12-,13-;2*10-,11-,12-,13+/m111111/s1. The quantitative estimate of drug-likeness (QED) is 0.0336. The Hall–Kier alpha value is -6.55. The van der Waals surface area contributed by atoms with E-state index >= 15 is 0 Å². The minimum Gasteiger partial charge on any atom is -0.391 e. The van der Waals surface area contributed by atoms with Crippen LogP contribution >= 0.6 is 53.5 Å². The van der Waals surface area contributed by atoms with Gasteiger partial charge in [0.1, 0.15) is 108 Å². The van der Waals surface area contributed by atoms with Crippen LogP contribution < -0.4 is 48.5 Å². The lowest BCUT2D eigenvalue weighted by Gasteiger charge is -2.34. The van der Waals surface area contributed by atoms with E-state index in [-0.39, 0.29) is 52.8 Å². The van der Waals surface area contributed by atoms with E-state index in [4.69, 9.17) is 45.4 Å². The molecule has 19 N–H and O–H groups in total. The SMILES string of the molecule is C=C1NC(=O)C(C#CC)=CN1[C@@H]1O[C@H](CCP(=C)(C)C)[C@@H](O)[C@H]1O.C=C1NC(=O)C(CO)=CN1[C@@H]1O[C@H](CCP(=C)(C)C)[C@@H](O)[C@H]1O.C=C1NC(=O)C=CN1[C@@H]1O[C@H](CCP(=C)(C)C)[C@@H](O)[C@H]1OC.C=C1NC(=O)NC=C1[C@@H]1O[C@H](CCP(=C)(C)C)[C@@H](O)[C@H]1O.C=C1NC(=S)NC=C1[C@@H]1O[C@H](CCP(=C)(C)C)[C@@H](O)[C@H]1O.C=P(C)(C)CC[C@H]1O[C@@H](n2ccc(=O)n(C)c2=O)[C@H](O)[C@@H]1O. The number of rotatable bonds is 26. The normalized spacial score (nSPS) is 31.8. The Balaban J connectivity index is 0.000000218. The molecule has 746 valence electrons. The molecule has 6 saturated heterocycles. The van der Waals surface area contributed by atoms with Gasteiger partial charge in [0.15, 0.2) is 30.0 Å². The molecule has 11 aliphatic rings. The van der Waals surface area contributed by atoms with Crippen LogP contribution in [0.5, 0.6) is 0 Å². The number of amides is 5. The van der Waals surface area contributed by atoms with Crippen LogP contribution in [0, 0.1) is 11.8 Å². The lowest BCUT2D eigenvalue weighted by molar-refractivity contribution is -0.120. The number of carbonyl (C=O) groups excluding carboxylic acids is 4. The highest BCUT2D eigenvalue weighted by atomic mass is 32.1. The molecule has 0 bridgehead atoms. The van der Waals surface area contributed by atoms with Crippen LogP contribution in [-0.4, -0.2) is 423 Å². The zero-order valence-corrected chi connectivity index (χ0v) is 85.1. The number of aromatic nitrogens is 2. The van der Waals surface area contributed by atoms with Crippen LogP contribution in [0.1, 0.15) is 51.7 Å². The minimum absolute atomic E-state index is 0.135. The number of hydrogen-bond donors (Lipinski definition) is 19. The van der Waals surface area contributed by atoms with E-state index < -0.39 is 200 Å². The number of thiocarbonyl (C=S) groups is 1. The van der Waals surface area contributed by atoms with E-state index in [0.717, 1.165) is 52.5 Å². The van der Waals surface area contributed by atoms with Gasteiger partial charge in [0.05, 0.1) is 48.8 Å². The lowest BCUT2D eigenvalue weighted by atomic mass is 9.99. The topological polar surface area (TPSA) is 514 Å². The van der Waals surface area contributed by atoms with Gasteiger partial charge in [0, 0.05) is 86.0 Å². The van der Waals surface area contributed by atoms with Crippen molar-refractivity contribution < 1.29 is 114 Å². The van der Waals surface area contributed by atoms with Crippen molar-refractivity contribution in [3.8, 4) is 11.8 Å². The number of aliphatic hydroxyl groups excluding tert-OH is 12. The molecule has 44 heteroatoms. The molecule has 12 rings (SSSR count). The molecule has 0 radical (unpaired) electrons. The van der Waals surface area contributed by atoms with Crippen molar-refractivity contribution in [1.29, 1.82) is 0 Å². The van der Waals surface area contributed by atoms with Gasteiger partial charge >= 0.3 is 11.7 Å². The van der Waals surface area contributed by atoms with E-state index in [1.165, 1.54) is 53.8 Å². The Morgan fingerprint density at radius 3 is 1.20 bits per heavy atom. The molecule has 0 aliphatic carbocycles. The van der Waals surface area contributed by atoms with Crippen molar-refractivity contribution in [2.75, 3.05) is 131 Å². The summed E-state index contributed by atoms with van der Waals surface area (Å²) in [7, 11) is 2.89. The number of methoxy groups -OCH3 is 1. The van der Waals surface area contributed by atoms with Crippen molar-refractivity contribution in [3.63, 3.8) is 0 Å². The fourth-order valence-electron chi connectivity index (χ4n) is 15.3. The number of nitrogens with one attached hydrogen (secondary N) is 7. The molecule has 1 aromatic rings. The summed E-state index contributed by atoms with van der Waals surface area (Å²) in [5, 5.41) is 141. The summed E-state index contributed by atoms with van der Waals surface area (Å²) < 4.78 is 42.5. The first-order valence-corrected chi connectivity index (χ1v) is 61.9. The summed E-state index contributed by atoms with van der Waals surface area (Å²) in [6, 6.07) is 0.846. The molecule has 5 amide bonds. The van der Waals surface area contributed by atoms with Crippen LogP contribution in [0.4, 0.5) is 4.79 Å². The monoisotopic (exact) mass is 2000 g/mol. The van der Waals surface area contributed by atoms with Crippen LogP contribution in [0.3, 0.4) is 0 Å². The molecular formula is C89H144N12O25P6S. The maximum Gasteiger partial charge on any atom is 0.332 e. The Bertz CT molecular complexity index is 5030. The first-order valence-electron chi connectivity index (χ1n) is 43.2. The Morgan fingerprint density at radius 1 is 0.451 bits per heavy atom. The molecule has 0 aromatic carbocycles. The fourth-order valence-corrected chi connectivity index (χ4v) is 21.2. The highest BCUT2D eigenvalue weighted by Crippen LogP contribution is 2.46. The van der Waals surface area contributed by atoms with Gasteiger partial charge in [-0.15, -0.1) is 85.0 Å². The Morgan fingerprint density at radius 2 is 0.812 bits per heavy atom. The van der Waals surface area contributed by atoms with E-state index in [9.17, 15) is 90.0 Å². The summed E-state index contributed by atoms with van der Waals surface area (Å²) in [6.45, 7) is 38.2. The molecule has 1 aromatic heterocycles. The number of ether oxygens (including phenoxy) is 7. The van der Waals surface area contributed by atoms with Crippen molar-refractivity contribution in [2.24, 2.45) is 7.05 Å². The fraction of sp³-hybridized carbons (Fsp3) is 0.584. The maximum atomic E-state index is 12.1. The third-order valence-electron chi connectivity index (χ3n) is 22.9. The highest BCUT2D eigenvalue weighted by Gasteiger charge is 2.52. The average molecular weight is 2000 g/mol.